The number of rotatable bonds is 4. The highest BCUT2D eigenvalue weighted by molar-refractivity contribution is 5.94. The first kappa shape index (κ1) is 20.8. The molecule has 1 fully saturated rings. The Morgan fingerprint density at radius 3 is 2.44 bits per heavy atom. The van der Waals surface area contributed by atoms with E-state index in [0.29, 0.717) is 25.3 Å². The Hall–Kier alpha value is -3.13. The SMILES string of the molecule is CCOc1ccc(C(=O)N2CCC3(CC2)c2ncc(-c4ccnn4C)n2CCN3C)cc1. The van der Waals surface area contributed by atoms with E-state index in [2.05, 4.69) is 21.6 Å². The van der Waals surface area contributed by atoms with Crippen LogP contribution in [0.4, 0.5) is 0 Å². The predicted molar refractivity (Wildman–Crippen MR) is 121 cm³/mol. The van der Waals surface area contributed by atoms with Gasteiger partial charge in [0, 0.05) is 45.0 Å². The van der Waals surface area contributed by atoms with E-state index in [1.54, 1.807) is 0 Å². The molecule has 0 atom stereocenters. The number of piperidine rings is 1. The third-order valence-corrected chi connectivity index (χ3v) is 7.03. The Labute approximate surface area is 188 Å². The van der Waals surface area contributed by atoms with Crippen LogP contribution in [0.3, 0.4) is 0 Å². The number of carbonyl (C=O) groups excluding carboxylic acids is 1. The van der Waals surface area contributed by atoms with E-state index in [-0.39, 0.29) is 11.4 Å². The number of hydrogen-bond acceptors (Lipinski definition) is 5. The number of aryl methyl sites for hydroxylation is 1. The molecule has 0 N–H and O–H groups in total. The summed E-state index contributed by atoms with van der Waals surface area (Å²) in [7, 11) is 4.15. The minimum atomic E-state index is -0.148. The molecule has 2 aliphatic heterocycles. The zero-order chi connectivity index (χ0) is 22.3. The van der Waals surface area contributed by atoms with Gasteiger partial charge >= 0.3 is 0 Å². The van der Waals surface area contributed by atoms with Crippen molar-refractivity contribution in [1.29, 1.82) is 0 Å². The lowest BCUT2D eigenvalue weighted by atomic mass is 9.83. The minimum Gasteiger partial charge on any atom is -0.494 e. The molecule has 1 aromatic carbocycles. The molecule has 0 saturated carbocycles. The van der Waals surface area contributed by atoms with Gasteiger partial charge in [0.1, 0.15) is 11.6 Å². The average Bonchev–Trinajstić information content (AvgIpc) is 3.43. The highest BCUT2D eigenvalue weighted by Crippen LogP contribution is 2.41. The molecule has 1 spiro atoms. The fraction of sp³-hybridized carbons (Fsp3) is 0.458. The number of aromatic nitrogens is 4. The first-order chi connectivity index (χ1) is 15.5. The van der Waals surface area contributed by atoms with Gasteiger partial charge in [-0.05, 0) is 57.1 Å². The highest BCUT2D eigenvalue weighted by atomic mass is 16.5. The second kappa shape index (κ2) is 8.09. The van der Waals surface area contributed by atoms with Gasteiger partial charge in [0.2, 0.25) is 0 Å². The zero-order valence-corrected chi connectivity index (χ0v) is 19.0. The molecule has 1 amide bonds. The monoisotopic (exact) mass is 434 g/mol. The topological polar surface area (TPSA) is 68.4 Å². The van der Waals surface area contributed by atoms with Crippen LogP contribution in [0.2, 0.25) is 0 Å². The summed E-state index contributed by atoms with van der Waals surface area (Å²) in [4.78, 5) is 22.4. The van der Waals surface area contributed by atoms with E-state index in [4.69, 9.17) is 9.72 Å². The lowest BCUT2D eigenvalue weighted by Gasteiger charge is -2.49. The summed E-state index contributed by atoms with van der Waals surface area (Å²) in [5, 5.41) is 4.33. The van der Waals surface area contributed by atoms with Crippen molar-refractivity contribution in [3.63, 3.8) is 0 Å². The smallest absolute Gasteiger partial charge is 0.253 e. The summed E-state index contributed by atoms with van der Waals surface area (Å²) in [6.07, 6.45) is 5.54. The molecule has 1 saturated heterocycles. The Kier molecular flexibility index (Phi) is 5.25. The molecule has 0 bridgehead atoms. The maximum atomic E-state index is 13.1. The summed E-state index contributed by atoms with van der Waals surface area (Å²) < 4.78 is 9.74. The van der Waals surface area contributed by atoms with Crippen molar-refractivity contribution in [3.8, 4) is 17.1 Å². The number of imidazole rings is 1. The van der Waals surface area contributed by atoms with E-state index in [9.17, 15) is 4.79 Å². The van der Waals surface area contributed by atoms with Gasteiger partial charge in [-0.15, -0.1) is 0 Å². The molecule has 8 heteroatoms. The van der Waals surface area contributed by atoms with Crippen LogP contribution >= 0.6 is 0 Å². The minimum absolute atomic E-state index is 0.0836. The maximum absolute atomic E-state index is 13.1. The van der Waals surface area contributed by atoms with Gasteiger partial charge in [0.05, 0.1) is 29.7 Å². The molecule has 168 valence electrons. The highest BCUT2D eigenvalue weighted by Gasteiger charge is 2.46. The lowest BCUT2D eigenvalue weighted by molar-refractivity contribution is 0.0101. The Morgan fingerprint density at radius 2 is 1.78 bits per heavy atom. The number of fused-ring (bicyclic) bond motifs is 2. The fourth-order valence-electron chi connectivity index (χ4n) is 5.17. The van der Waals surface area contributed by atoms with Gasteiger partial charge in [-0.1, -0.05) is 0 Å². The van der Waals surface area contributed by atoms with Gasteiger partial charge < -0.3 is 14.2 Å². The third-order valence-electron chi connectivity index (χ3n) is 7.03. The van der Waals surface area contributed by atoms with Crippen molar-refractivity contribution in [1.82, 2.24) is 29.1 Å². The number of ether oxygens (including phenoxy) is 1. The normalized spacial score (nSPS) is 18.0. The molecule has 2 aromatic heterocycles. The quantitative estimate of drug-likeness (QED) is 0.632. The van der Waals surface area contributed by atoms with Gasteiger partial charge in [-0.2, -0.15) is 5.10 Å². The Morgan fingerprint density at radius 1 is 1.03 bits per heavy atom. The summed E-state index contributed by atoms with van der Waals surface area (Å²) in [6, 6.07) is 9.49. The largest absolute Gasteiger partial charge is 0.494 e. The average molecular weight is 435 g/mol. The number of hydrogen-bond donors (Lipinski definition) is 0. The number of carbonyl (C=O) groups is 1. The first-order valence-corrected chi connectivity index (χ1v) is 11.3. The summed E-state index contributed by atoms with van der Waals surface area (Å²) >= 11 is 0. The standard InChI is InChI=1S/C24H30N6O2/c1-4-32-19-7-5-18(6-8-19)22(31)29-13-10-24(11-14-29)23-25-17-21(20-9-12-26-28(20)3)30(23)16-15-27(24)2/h5-9,12,17H,4,10-11,13-16H2,1-3H3. The second-order valence-corrected chi connectivity index (χ2v) is 8.66. The van der Waals surface area contributed by atoms with Crippen molar-refractivity contribution >= 4 is 5.91 Å². The van der Waals surface area contributed by atoms with Crippen LogP contribution in [-0.2, 0) is 19.1 Å². The van der Waals surface area contributed by atoms with Gasteiger partial charge in [0.25, 0.3) is 5.91 Å². The molecule has 0 aliphatic carbocycles. The van der Waals surface area contributed by atoms with Gasteiger partial charge in [-0.3, -0.25) is 14.4 Å². The number of amides is 1. The van der Waals surface area contributed by atoms with Crippen molar-refractivity contribution in [2.75, 3.05) is 33.3 Å². The molecular weight excluding hydrogens is 404 g/mol. The fourth-order valence-corrected chi connectivity index (χ4v) is 5.17. The third kappa shape index (κ3) is 3.30. The molecule has 4 heterocycles. The van der Waals surface area contributed by atoms with Crippen LogP contribution in [0.1, 0.15) is 35.9 Å². The predicted octanol–water partition coefficient (Wildman–Crippen LogP) is 2.76. The van der Waals surface area contributed by atoms with Gasteiger partial charge in [-0.25, -0.2) is 4.98 Å². The Balaban J connectivity index is 1.36. The van der Waals surface area contributed by atoms with E-state index >= 15 is 0 Å². The summed E-state index contributed by atoms with van der Waals surface area (Å²) in [6.45, 7) is 5.86. The van der Waals surface area contributed by atoms with Crippen LogP contribution in [0, 0.1) is 0 Å². The molecule has 0 unspecified atom stereocenters. The molecule has 2 aliphatic rings. The van der Waals surface area contributed by atoms with Crippen LogP contribution < -0.4 is 4.74 Å². The van der Waals surface area contributed by atoms with Crippen LogP contribution in [0.25, 0.3) is 11.4 Å². The van der Waals surface area contributed by atoms with Crippen molar-refractivity contribution < 1.29 is 9.53 Å². The molecule has 8 nitrogen and oxygen atoms in total. The molecule has 32 heavy (non-hydrogen) atoms. The number of benzene rings is 1. The maximum Gasteiger partial charge on any atom is 0.253 e. The lowest BCUT2D eigenvalue weighted by Crippen LogP contribution is -2.57. The van der Waals surface area contributed by atoms with E-state index < -0.39 is 0 Å². The summed E-state index contributed by atoms with van der Waals surface area (Å²) in [5.74, 6) is 1.98. The molecule has 0 radical (unpaired) electrons. The van der Waals surface area contributed by atoms with Gasteiger partial charge in [0.15, 0.2) is 0 Å². The molecular formula is C24H30N6O2. The number of likely N-dealkylation sites (tertiary alicyclic amines) is 1. The second-order valence-electron chi connectivity index (χ2n) is 8.66. The Bertz CT molecular complexity index is 1110. The number of likely N-dealkylation sites (N-methyl/N-ethyl adjacent to an activating group) is 1. The van der Waals surface area contributed by atoms with Crippen molar-refractivity contribution in [2.24, 2.45) is 7.05 Å². The zero-order valence-electron chi connectivity index (χ0n) is 19.0. The molecule has 3 aromatic rings. The number of nitrogens with zero attached hydrogens (tertiary/aromatic N) is 6. The van der Waals surface area contributed by atoms with E-state index in [1.165, 1.54) is 0 Å². The van der Waals surface area contributed by atoms with Crippen molar-refractivity contribution in [2.45, 2.75) is 31.8 Å². The van der Waals surface area contributed by atoms with E-state index in [1.807, 2.05) is 66.3 Å². The van der Waals surface area contributed by atoms with Crippen LogP contribution in [-0.4, -0.2) is 68.3 Å². The van der Waals surface area contributed by atoms with E-state index in [0.717, 1.165) is 48.9 Å². The first-order valence-electron chi connectivity index (χ1n) is 11.3. The van der Waals surface area contributed by atoms with Crippen LogP contribution in [0.5, 0.6) is 5.75 Å². The summed E-state index contributed by atoms with van der Waals surface area (Å²) in [5.41, 5.74) is 2.75. The molecule has 5 rings (SSSR count). The van der Waals surface area contributed by atoms with Crippen LogP contribution in [0.15, 0.2) is 42.7 Å². The van der Waals surface area contributed by atoms with Crippen molar-refractivity contribution in [3.05, 3.63) is 54.1 Å².